The molecule has 0 atom stereocenters. The van der Waals surface area contributed by atoms with Gasteiger partial charge in [0.15, 0.2) is 5.96 Å². The highest BCUT2D eigenvalue weighted by Crippen LogP contribution is 2.14. The first kappa shape index (κ1) is 21.1. The molecular formula is C21H30N4OS. The number of ether oxygens (including phenoxy) is 1. The van der Waals surface area contributed by atoms with Crippen LogP contribution in [0.15, 0.2) is 53.7 Å². The van der Waals surface area contributed by atoms with Crippen molar-refractivity contribution >= 4 is 17.7 Å². The standard InChI is InChI=1S/C21H30N4OS/c1-3-22-21(24-14-6-7-15-27-2)25-16-18-9-11-20(12-10-18)26-17-19-8-4-5-13-23-19/h4-5,8-13H,3,6-7,14-17H2,1-2H3,(H2,22,24,25). The molecule has 0 spiro atoms. The number of hydrogen-bond donors (Lipinski definition) is 2. The molecule has 2 N–H and O–H groups in total. The van der Waals surface area contributed by atoms with Crippen molar-refractivity contribution in [3.05, 3.63) is 59.9 Å². The second kappa shape index (κ2) is 13.0. The third-order valence-electron chi connectivity index (χ3n) is 3.87. The van der Waals surface area contributed by atoms with Crippen LogP contribution < -0.4 is 15.4 Å². The maximum Gasteiger partial charge on any atom is 0.191 e. The lowest BCUT2D eigenvalue weighted by Crippen LogP contribution is -2.37. The number of guanidine groups is 1. The van der Waals surface area contributed by atoms with Gasteiger partial charge < -0.3 is 15.4 Å². The van der Waals surface area contributed by atoms with Crippen LogP contribution in [0.2, 0.25) is 0 Å². The average molecular weight is 387 g/mol. The van der Waals surface area contributed by atoms with Gasteiger partial charge in [-0.05, 0) is 61.6 Å². The molecule has 27 heavy (non-hydrogen) atoms. The van der Waals surface area contributed by atoms with Crippen molar-refractivity contribution in [3.63, 3.8) is 0 Å². The number of nitrogens with zero attached hydrogens (tertiary/aromatic N) is 2. The van der Waals surface area contributed by atoms with Crippen LogP contribution in [0.25, 0.3) is 0 Å². The Hall–Kier alpha value is -2.21. The van der Waals surface area contributed by atoms with Crippen LogP contribution in [0.5, 0.6) is 5.75 Å². The van der Waals surface area contributed by atoms with Crippen LogP contribution in [0, 0.1) is 0 Å². The number of rotatable bonds is 11. The molecule has 1 heterocycles. The quantitative estimate of drug-likeness (QED) is 0.349. The van der Waals surface area contributed by atoms with E-state index >= 15 is 0 Å². The second-order valence-corrected chi connectivity index (χ2v) is 7.06. The Labute approximate surface area is 167 Å². The monoisotopic (exact) mass is 386 g/mol. The molecule has 6 heteroatoms. The first-order valence-corrected chi connectivity index (χ1v) is 10.8. The lowest BCUT2D eigenvalue weighted by Gasteiger charge is -2.11. The minimum absolute atomic E-state index is 0.476. The molecule has 0 saturated carbocycles. The van der Waals surface area contributed by atoms with E-state index < -0.39 is 0 Å². The van der Waals surface area contributed by atoms with Gasteiger partial charge in [0.05, 0.1) is 12.2 Å². The Kier molecular flexibility index (Phi) is 10.2. The van der Waals surface area contributed by atoms with Gasteiger partial charge in [0.1, 0.15) is 12.4 Å². The molecule has 1 aromatic heterocycles. The average Bonchev–Trinajstić information content (AvgIpc) is 2.72. The summed E-state index contributed by atoms with van der Waals surface area (Å²) in [5.41, 5.74) is 2.07. The fourth-order valence-electron chi connectivity index (χ4n) is 2.42. The molecule has 2 aromatic rings. The van der Waals surface area contributed by atoms with E-state index in [1.165, 1.54) is 12.2 Å². The van der Waals surface area contributed by atoms with Crippen LogP contribution in [0.4, 0.5) is 0 Å². The molecule has 146 valence electrons. The maximum atomic E-state index is 5.77. The first-order chi connectivity index (χ1) is 13.3. The fourth-order valence-corrected chi connectivity index (χ4v) is 2.91. The third kappa shape index (κ3) is 8.82. The molecule has 0 amide bonds. The first-order valence-electron chi connectivity index (χ1n) is 9.44. The third-order valence-corrected chi connectivity index (χ3v) is 4.56. The topological polar surface area (TPSA) is 58.5 Å². The summed E-state index contributed by atoms with van der Waals surface area (Å²) in [6.07, 6.45) is 6.31. The summed E-state index contributed by atoms with van der Waals surface area (Å²) in [6, 6.07) is 13.9. The van der Waals surface area contributed by atoms with Crippen molar-refractivity contribution < 1.29 is 4.74 Å². The number of aliphatic imine (C=N–C) groups is 1. The molecule has 0 unspecified atom stereocenters. The van der Waals surface area contributed by atoms with E-state index in [1.807, 2.05) is 42.1 Å². The SMILES string of the molecule is CCNC(=NCc1ccc(OCc2ccccn2)cc1)NCCCCSC. The van der Waals surface area contributed by atoms with Crippen molar-refractivity contribution in [2.45, 2.75) is 32.9 Å². The molecule has 0 bridgehead atoms. The zero-order valence-corrected chi connectivity index (χ0v) is 17.1. The molecule has 0 aliphatic heterocycles. The minimum atomic E-state index is 0.476. The summed E-state index contributed by atoms with van der Waals surface area (Å²) in [7, 11) is 0. The highest BCUT2D eigenvalue weighted by Gasteiger charge is 2.00. The Bertz CT molecular complexity index is 662. The van der Waals surface area contributed by atoms with Gasteiger partial charge in [-0.3, -0.25) is 4.98 Å². The van der Waals surface area contributed by atoms with E-state index in [0.29, 0.717) is 13.2 Å². The number of hydrogen-bond acceptors (Lipinski definition) is 4. The normalized spacial score (nSPS) is 11.3. The van der Waals surface area contributed by atoms with E-state index in [2.05, 4.69) is 45.9 Å². The van der Waals surface area contributed by atoms with E-state index in [9.17, 15) is 0 Å². The predicted octanol–water partition coefficient (Wildman–Crippen LogP) is 3.86. The number of unbranched alkanes of at least 4 members (excludes halogenated alkanes) is 1. The van der Waals surface area contributed by atoms with Crippen molar-refractivity contribution in [2.24, 2.45) is 4.99 Å². The van der Waals surface area contributed by atoms with Crippen LogP contribution in [0.3, 0.4) is 0 Å². The lowest BCUT2D eigenvalue weighted by atomic mass is 10.2. The molecule has 0 aliphatic rings. The van der Waals surface area contributed by atoms with Gasteiger partial charge in [0, 0.05) is 19.3 Å². The Balaban J connectivity index is 1.79. The van der Waals surface area contributed by atoms with Gasteiger partial charge in [0.2, 0.25) is 0 Å². The van der Waals surface area contributed by atoms with E-state index in [0.717, 1.165) is 42.5 Å². The van der Waals surface area contributed by atoms with Gasteiger partial charge in [-0.2, -0.15) is 11.8 Å². The summed E-state index contributed by atoms with van der Waals surface area (Å²) in [5.74, 6) is 2.92. The predicted molar refractivity (Wildman–Crippen MR) is 115 cm³/mol. The molecule has 0 radical (unpaired) electrons. The van der Waals surface area contributed by atoms with Gasteiger partial charge in [-0.1, -0.05) is 18.2 Å². The molecule has 0 fully saturated rings. The number of benzene rings is 1. The maximum absolute atomic E-state index is 5.77. The van der Waals surface area contributed by atoms with E-state index in [4.69, 9.17) is 4.74 Å². The molecule has 1 aromatic carbocycles. The summed E-state index contributed by atoms with van der Waals surface area (Å²) in [6.45, 7) is 5.01. The van der Waals surface area contributed by atoms with Crippen molar-refractivity contribution in [3.8, 4) is 5.75 Å². The molecule has 2 rings (SSSR count). The summed E-state index contributed by atoms with van der Waals surface area (Å²) >= 11 is 1.89. The van der Waals surface area contributed by atoms with Gasteiger partial charge in [-0.25, -0.2) is 4.99 Å². The summed E-state index contributed by atoms with van der Waals surface area (Å²) in [4.78, 5) is 8.92. The largest absolute Gasteiger partial charge is 0.487 e. The fraction of sp³-hybridized carbons (Fsp3) is 0.429. The van der Waals surface area contributed by atoms with Crippen LogP contribution in [-0.4, -0.2) is 36.0 Å². The van der Waals surface area contributed by atoms with E-state index in [-0.39, 0.29) is 0 Å². The van der Waals surface area contributed by atoms with E-state index in [1.54, 1.807) is 6.20 Å². The molecule has 0 saturated heterocycles. The summed E-state index contributed by atoms with van der Waals surface area (Å²) in [5, 5.41) is 6.69. The van der Waals surface area contributed by atoms with Crippen LogP contribution in [0.1, 0.15) is 31.0 Å². The number of pyridine rings is 1. The van der Waals surface area contributed by atoms with Gasteiger partial charge in [-0.15, -0.1) is 0 Å². The zero-order valence-electron chi connectivity index (χ0n) is 16.3. The van der Waals surface area contributed by atoms with Gasteiger partial charge in [0.25, 0.3) is 0 Å². The van der Waals surface area contributed by atoms with Gasteiger partial charge >= 0.3 is 0 Å². The highest BCUT2D eigenvalue weighted by molar-refractivity contribution is 7.98. The Morgan fingerprint density at radius 3 is 2.67 bits per heavy atom. The smallest absolute Gasteiger partial charge is 0.191 e. The highest BCUT2D eigenvalue weighted by atomic mass is 32.2. The zero-order chi connectivity index (χ0) is 19.2. The van der Waals surface area contributed by atoms with Crippen molar-refractivity contribution in [1.29, 1.82) is 0 Å². The molecular weight excluding hydrogens is 356 g/mol. The van der Waals surface area contributed by atoms with Crippen molar-refractivity contribution in [1.82, 2.24) is 15.6 Å². The Morgan fingerprint density at radius 1 is 1.11 bits per heavy atom. The number of aromatic nitrogens is 1. The molecule has 5 nitrogen and oxygen atoms in total. The minimum Gasteiger partial charge on any atom is -0.487 e. The van der Waals surface area contributed by atoms with Crippen LogP contribution in [-0.2, 0) is 13.2 Å². The Morgan fingerprint density at radius 2 is 1.96 bits per heavy atom. The van der Waals surface area contributed by atoms with Crippen molar-refractivity contribution in [2.75, 3.05) is 25.1 Å². The number of nitrogens with one attached hydrogen (secondary N) is 2. The second-order valence-electron chi connectivity index (χ2n) is 6.08. The molecule has 0 aliphatic carbocycles. The lowest BCUT2D eigenvalue weighted by molar-refractivity contribution is 0.301. The number of thioether (sulfide) groups is 1. The summed E-state index contributed by atoms with van der Waals surface area (Å²) < 4.78 is 5.77. The van der Waals surface area contributed by atoms with Crippen LogP contribution >= 0.6 is 11.8 Å².